The van der Waals surface area contributed by atoms with Crippen molar-refractivity contribution >= 4 is 15.7 Å². The van der Waals surface area contributed by atoms with E-state index in [0.717, 1.165) is 17.6 Å². The summed E-state index contributed by atoms with van der Waals surface area (Å²) in [7, 11) is -1.53. The molecule has 3 aromatic rings. The van der Waals surface area contributed by atoms with E-state index < -0.39 is 9.84 Å². The number of hydrogen-bond acceptors (Lipinski definition) is 5. The second-order valence-corrected chi connectivity index (χ2v) is 9.45. The van der Waals surface area contributed by atoms with E-state index in [0.29, 0.717) is 37.5 Å². The Bertz CT molecular complexity index is 1150. The van der Waals surface area contributed by atoms with E-state index in [1.807, 2.05) is 48.5 Å². The fourth-order valence-electron chi connectivity index (χ4n) is 3.13. The lowest BCUT2D eigenvalue weighted by atomic mass is 10.1. The average molecular weight is 454 g/mol. The standard InChI is InChI=1S/C25H27NO5S/c1-26(16-9-17-30-22-13-8-14-23(18-22)32(2,28)29)25(27)24-15-7-6-10-20(24)19-31-21-11-4-3-5-12-21/h3-8,10-15,18H,9,16-17,19H2,1-2H3. The van der Waals surface area contributed by atoms with E-state index in [-0.39, 0.29) is 10.8 Å². The number of carbonyl (C=O) groups excluding carboxylic acids is 1. The fourth-order valence-corrected chi connectivity index (χ4v) is 3.78. The Morgan fingerprint density at radius 2 is 1.56 bits per heavy atom. The van der Waals surface area contributed by atoms with Gasteiger partial charge in [-0.15, -0.1) is 0 Å². The number of ether oxygens (including phenoxy) is 2. The first kappa shape index (κ1) is 23.3. The maximum Gasteiger partial charge on any atom is 0.254 e. The molecule has 1 amide bonds. The number of carbonyl (C=O) groups is 1. The Kier molecular flexibility index (Phi) is 7.89. The van der Waals surface area contributed by atoms with E-state index in [4.69, 9.17) is 9.47 Å². The Hall–Kier alpha value is -3.32. The number of nitrogens with zero attached hydrogens (tertiary/aromatic N) is 1. The summed E-state index contributed by atoms with van der Waals surface area (Å²) in [6.45, 7) is 1.17. The van der Waals surface area contributed by atoms with Crippen molar-refractivity contribution in [3.8, 4) is 11.5 Å². The second-order valence-electron chi connectivity index (χ2n) is 7.43. The Morgan fingerprint density at radius 1 is 0.875 bits per heavy atom. The van der Waals surface area contributed by atoms with Gasteiger partial charge in [-0.3, -0.25) is 4.79 Å². The van der Waals surface area contributed by atoms with Gasteiger partial charge >= 0.3 is 0 Å². The number of para-hydroxylation sites is 1. The van der Waals surface area contributed by atoms with Gasteiger partial charge in [0.05, 0.1) is 11.5 Å². The largest absolute Gasteiger partial charge is 0.493 e. The van der Waals surface area contributed by atoms with Crippen LogP contribution in [0.1, 0.15) is 22.3 Å². The van der Waals surface area contributed by atoms with Gasteiger partial charge in [0.1, 0.15) is 18.1 Å². The van der Waals surface area contributed by atoms with Crippen molar-refractivity contribution in [2.24, 2.45) is 0 Å². The van der Waals surface area contributed by atoms with Crippen LogP contribution >= 0.6 is 0 Å². The predicted octanol–water partition coefficient (Wildman–Crippen LogP) is 4.21. The molecule has 7 heteroatoms. The normalized spacial score (nSPS) is 11.1. The SMILES string of the molecule is CN(CCCOc1cccc(S(C)(=O)=O)c1)C(=O)c1ccccc1COc1ccccc1. The summed E-state index contributed by atoms with van der Waals surface area (Å²) in [6.07, 6.45) is 1.77. The van der Waals surface area contributed by atoms with Crippen LogP contribution in [0.2, 0.25) is 0 Å². The molecule has 0 heterocycles. The molecule has 0 aliphatic rings. The lowest BCUT2D eigenvalue weighted by Gasteiger charge is -2.19. The van der Waals surface area contributed by atoms with Gasteiger partial charge in [0.15, 0.2) is 9.84 Å². The first-order valence-electron chi connectivity index (χ1n) is 10.3. The molecular weight excluding hydrogens is 426 g/mol. The second kappa shape index (κ2) is 10.8. The molecule has 0 radical (unpaired) electrons. The lowest BCUT2D eigenvalue weighted by molar-refractivity contribution is 0.0785. The van der Waals surface area contributed by atoms with Crippen LogP contribution < -0.4 is 9.47 Å². The van der Waals surface area contributed by atoms with Crippen molar-refractivity contribution in [3.63, 3.8) is 0 Å². The molecule has 3 aromatic carbocycles. The zero-order valence-corrected chi connectivity index (χ0v) is 19.0. The molecule has 168 valence electrons. The van der Waals surface area contributed by atoms with Crippen molar-refractivity contribution in [1.82, 2.24) is 4.90 Å². The van der Waals surface area contributed by atoms with Gasteiger partial charge in [0, 0.05) is 31.0 Å². The lowest BCUT2D eigenvalue weighted by Crippen LogP contribution is -2.29. The molecule has 0 saturated carbocycles. The molecule has 0 spiro atoms. The third-order valence-corrected chi connectivity index (χ3v) is 5.98. The van der Waals surface area contributed by atoms with Crippen LogP contribution in [-0.2, 0) is 16.4 Å². The molecule has 0 saturated heterocycles. The highest BCUT2D eigenvalue weighted by atomic mass is 32.2. The number of benzene rings is 3. The van der Waals surface area contributed by atoms with Gasteiger partial charge in [-0.05, 0) is 42.8 Å². The van der Waals surface area contributed by atoms with Crippen LogP contribution in [0.25, 0.3) is 0 Å². The van der Waals surface area contributed by atoms with Crippen molar-refractivity contribution < 1.29 is 22.7 Å². The third kappa shape index (κ3) is 6.59. The molecule has 0 bridgehead atoms. The number of sulfone groups is 1. The topological polar surface area (TPSA) is 72.9 Å². The van der Waals surface area contributed by atoms with Gasteiger partial charge in [0.2, 0.25) is 0 Å². The molecule has 0 N–H and O–H groups in total. The molecular formula is C25H27NO5S. The number of rotatable bonds is 10. The third-order valence-electron chi connectivity index (χ3n) is 4.87. The zero-order valence-electron chi connectivity index (χ0n) is 18.2. The molecule has 0 aliphatic heterocycles. The van der Waals surface area contributed by atoms with Gasteiger partial charge < -0.3 is 14.4 Å². The molecule has 0 unspecified atom stereocenters. The summed E-state index contributed by atoms with van der Waals surface area (Å²) >= 11 is 0. The van der Waals surface area contributed by atoms with Gasteiger partial charge in [-0.1, -0.05) is 42.5 Å². The Balaban J connectivity index is 1.53. The average Bonchev–Trinajstić information content (AvgIpc) is 2.80. The maximum absolute atomic E-state index is 13.0. The van der Waals surface area contributed by atoms with Crippen LogP contribution in [0.4, 0.5) is 0 Å². The van der Waals surface area contributed by atoms with E-state index in [1.54, 1.807) is 30.1 Å². The molecule has 6 nitrogen and oxygen atoms in total. The van der Waals surface area contributed by atoms with Gasteiger partial charge in [-0.2, -0.15) is 0 Å². The minimum absolute atomic E-state index is 0.0867. The number of hydrogen-bond donors (Lipinski definition) is 0. The Labute approximate surface area is 189 Å². The quantitative estimate of drug-likeness (QED) is 0.430. The number of amides is 1. The van der Waals surface area contributed by atoms with E-state index >= 15 is 0 Å². The van der Waals surface area contributed by atoms with Crippen LogP contribution in [0, 0.1) is 0 Å². The smallest absolute Gasteiger partial charge is 0.254 e. The summed E-state index contributed by atoms with van der Waals surface area (Å²) in [6, 6.07) is 23.3. The molecule has 3 rings (SSSR count). The highest BCUT2D eigenvalue weighted by Crippen LogP contribution is 2.18. The summed E-state index contributed by atoms with van der Waals surface area (Å²) in [5.41, 5.74) is 1.43. The summed E-state index contributed by atoms with van der Waals surface area (Å²) in [5, 5.41) is 0. The fraction of sp³-hybridized carbons (Fsp3) is 0.240. The van der Waals surface area contributed by atoms with Crippen molar-refractivity contribution in [2.45, 2.75) is 17.9 Å². The summed E-state index contributed by atoms with van der Waals surface area (Å²) in [4.78, 5) is 14.8. The minimum atomic E-state index is -3.28. The molecule has 0 aromatic heterocycles. The van der Waals surface area contributed by atoms with Crippen LogP contribution in [0.5, 0.6) is 11.5 Å². The van der Waals surface area contributed by atoms with Gasteiger partial charge in [0.25, 0.3) is 5.91 Å². The first-order chi connectivity index (χ1) is 15.3. The monoisotopic (exact) mass is 453 g/mol. The van der Waals surface area contributed by atoms with Crippen molar-refractivity contribution in [2.75, 3.05) is 26.5 Å². The molecule has 0 atom stereocenters. The maximum atomic E-state index is 13.0. The van der Waals surface area contributed by atoms with Crippen molar-refractivity contribution in [3.05, 3.63) is 90.0 Å². The van der Waals surface area contributed by atoms with Crippen molar-refractivity contribution in [1.29, 1.82) is 0 Å². The first-order valence-corrected chi connectivity index (χ1v) is 12.2. The van der Waals surface area contributed by atoms with Gasteiger partial charge in [-0.25, -0.2) is 8.42 Å². The summed E-state index contributed by atoms with van der Waals surface area (Å²) < 4.78 is 34.8. The van der Waals surface area contributed by atoms with Crippen LogP contribution in [0.3, 0.4) is 0 Å². The molecule has 0 aliphatic carbocycles. The van der Waals surface area contributed by atoms with E-state index in [2.05, 4.69) is 0 Å². The highest BCUT2D eigenvalue weighted by Gasteiger charge is 2.16. The van der Waals surface area contributed by atoms with E-state index in [1.165, 1.54) is 12.1 Å². The molecule has 0 fully saturated rings. The van der Waals surface area contributed by atoms with Crippen LogP contribution in [0.15, 0.2) is 83.8 Å². The minimum Gasteiger partial charge on any atom is -0.493 e. The molecule has 32 heavy (non-hydrogen) atoms. The zero-order chi connectivity index (χ0) is 23.0. The van der Waals surface area contributed by atoms with Crippen LogP contribution in [-0.4, -0.2) is 45.7 Å². The highest BCUT2D eigenvalue weighted by molar-refractivity contribution is 7.90. The van der Waals surface area contributed by atoms with E-state index in [9.17, 15) is 13.2 Å². The Morgan fingerprint density at radius 3 is 2.31 bits per heavy atom. The predicted molar refractivity (Wildman–Crippen MR) is 124 cm³/mol. The summed E-state index contributed by atoms with van der Waals surface area (Å²) in [5.74, 6) is 1.15.